The van der Waals surface area contributed by atoms with Crippen LogP contribution in [0.15, 0.2) is 0 Å². The summed E-state index contributed by atoms with van der Waals surface area (Å²) in [6.45, 7) is 5.62. The predicted octanol–water partition coefficient (Wildman–Crippen LogP) is -1.66. The molecular weight excluding hydrogens is 291 g/mol. The Morgan fingerprint density at radius 1 is 1.00 bits per heavy atom. The summed E-state index contributed by atoms with van der Waals surface area (Å²) >= 11 is 0. The molecule has 106 valence electrons. The van der Waals surface area contributed by atoms with E-state index >= 15 is 0 Å². The first-order chi connectivity index (χ1) is 7.60. The molecule has 0 saturated carbocycles. The van der Waals surface area contributed by atoms with E-state index in [1.54, 1.807) is 0 Å². The summed E-state index contributed by atoms with van der Waals surface area (Å²) in [5.41, 5.74) is 0. The zero-order chi connectivity index (χ0) is 13.7. The zero-order valence-corrected chi connectivity index (χ0v) is 14.0. The number of hydrogen-bond donors (Lipinski definition) is 1. The maximum atomic E-state index is 11.6. The second-order valence-corrected chi connectivity index (χ2v) is 12.1. The Bertz CT molecular complexity index is 426. The van der Waals surface area contributed by atoms with Crippen LogP contribution in [0.25, 0.3) is 0 Å². The molecule has 0 fully saturated rings. The number of hydrogen-bond acceptors (Lipinski definition) is 5. The van der Waals surface area contributed by atoms with Crippen molar-refractivity contribution in [3.05, 3.63) is 0 Å². The summed E-state index contributed by atoms with van der Waals surface area (Å²) in [5.74, 6) is -1.52. The Hall–Kier alpha value is 0.634. The molecule has 0 heterocycles. The third-order valence-corrected chi connectivity index (χ3v) is 10.8. The van der Waals surface area contributed by atoms with Gasteiger partial charge in [0, 0.05) is 0 Å². The molecule has 6 nitrogen and oxygen atoms in total. The van der Waals surface area contributed by atoms with Crippen molar-refractivity contribution in [3.8, 4) is 0 Å². The summed E-state index contributed by atoms with van der Waals surface area (Å²) in [6.07, 6.45) is 0. The third-order valence-electron chi connectivity index (χ3n) is 2.83. The van der Waals surface area contributed by atoms with Crippen molar-refractivity contribution >= 4 is 28.6 Å². The topological polar surface area (TPSA) is 97.7 Å². The van der Waals surface area contributed by atoms with Gasteiger partial charge in [-0.25, -0.2) is 8.42 Å². The minimum absolute atomic E-state index is 0. The summed E-state index contributed by atoms with van der Waals surface area (Å²) in [5, 5.41) is 0. The van der Waals surface area contributed by atoms with Gasteiger partial charge in [-0.3, -0.25) is 4.55 Å². The monoisotopic (exact) mass is 312 g/mol. The van der Waals surface area contributed by atoms with Crippen molar-refractivity contribution in [1.29, 1.82) is 0 Å². The molecule has 1 N–H and O–H groups in total. The summed E-state index contributed by atoms with van der Waals surface area (Å²) < 4.78 is 57.9. The van der Waals surface area contributed by atoms with Crippen molar-refractivity contribution in [2.75, 3.05) is 11.5 Å². The average molecular weight is 312 g/mol. The van der Waals surface area contributed by atoms with Gasteiger partial charge in [0.05, 0.1) is 11.5 Å². The SMILES string of the molecule is CC[Si](CC)(CC)OS(=O)(=O)CCS(=O)(=O)O.[H-].[Li+]. The molecule has 0 saturated heterocycles. The fraction of sp³-hybridized carbons (Fsp3) is 1.00. The normalized spacial score (nSPS) is 13.1. The van der Waals surface area contributed by atoms with Gasteiger partial charge in [0.15, 0.2) is 0 Å². The van der Waals surface area contributed by atoms with Gasteiger partial charge in [-0.15, -0.1) is 0 Å². The van der Waals surface area contributed by atoms with Gasteiger partial charge in [0.25, 0.3) is 20.2 Å². The minimum Gasteiger partial charge on any atom is -1.00 e. The van der Waals surface area contributed by atoms with E-state index in [4.69, 9.17) is 8.42 Å². The Morgan fingerprint density at radius 3 is 1.67 bits per heavy atom. The van der Waals surface area contributed by atoms with Crippen LogP contribution >= 0.6 is 0 Å². The minimum atomic E-state index is -4.28. The van der Waals surface area contributed by atoms with Crippen molar-refractivity contribution < 1.29 is 45.5 Å². The van der Waals surface area contributed by atoms with E-state index < -0.39 is 40.1 Å². The van der Waals surface area contributed by atoms with Crippen LogP contribution in [-0.2, 0) is 24.1 Å². The molecule has 0 unspecified atom stereocenters. The molecule has 0 spiro atoms. The van der Waals surface area contributed by atoms with Gasteiger partial charge >= 0.3 is 18.9 Å². The molecule has 0 aliphatic heterocycles. The van der Waals surface area contributed by atoms with Gasteiger partial charge in [0.1, 0.15) is 0 Å². The Kier molecular flexibility index (Phi) is 9.35. The standard InChI is InChI=1S/C8H20O6S2Si.Li.H/c1-4-17(5-2,6-3)14-16(12,13)8-7-15(9,10)11;;/h4-8H2,1-3H3,(H,9,10,11);;/q;+1;-1. The summed E-state index contributed by atoms with van der Waals surface area (Å²) in [4.78, 5) is 0. The Balaban J connectivity index is -0.00000128. The van der Waals surface area contributed by atoms with Crippen LogP contribution in [0.3, 0.4) is 0 Å². The first-order valence-electron chi connectivity index (χ1n) is 5.48. The van der Waals surface area contributed by atoms with Crippen LogP contribution in [0.5, 0.6) is 0 Å². The van der Waals surface area contributed by atoms with E-state index in [2.05, 4.69) is 0 Å². The smallest absolute Gasteiger partial charge is 1.00 e. The van der Waals surface area contributed by atoms with E-state index in [1.165, 1.54) is 0 Å². The number of rotatable bonds is 8. The van der Waals surface area contributed by atoms with Crippen LogP contribution in [0, 0.1) is 0 Å². The zero-order valence-electron chi connectivity index (χ0n) is 12.3. The molecule has 10 heteroatoms. The van der Waals surface area contributed by atoms with E-state index in [9.17, 15) is 16.8 Å². The molecule has 0 amide bonds. The van der Waals surface area contributed by atoms with Gasteiger partial charge < -0.3 is 5.30 Å². The van der Waals surface area contributed by atoms with Gasteiger partial charge in [0.2, 0.25) is 8.32 Å². The molecule has 18 heavy (non-hydrogen) atoms. The second-order valence-electron chi connectivity index (χ2n) is 3.87. The average Bonchev–Trinajstić information content (AvgIpc) is 2.23. The summed E-state index contributed by atoms with van der Waals surface area (Å²) in [6, 6.07) is 1.97. The largest absolute Gasteiger partial charge is 1.00 e. The first-order valence-corrected chi connectivity index (χ1v) is 11.2. The first kappa shape index (κ1) is 20.9. The predicted molar refractivity (Wildman–Crippen MR) is 69.6 cm³/mol. The second kappa shape index (κ2) is 8.04. The van der Waals surface area contributed by atoms with Crippen molar-refractivity contribution in [1.82, 2.24) is 0 Å². The van der Waals surface area contributed by atoms with Crippen LogP contribution in [-0.4, -0.2) is 41.2 Å². The van der Waals surface area contributed by atoms with Crippen LogP contribution in [0.1, 0.15) is 22.2 Å². The van der Waals surface area contributed by atoms with E-state index in [0.717, 1.165) is 0 Å². The molecule has 0 aromatic carbocycles. The molecule has 0 bridgehead atoms. The van der Waals surface area contributed by atoms with Crippen molar-refractivity contribution in [3.63, 3.8) is 0 Å². The van der Waals surface area contributed by atoms with Crippen molar-refractivity contribution in [2.45, 2.75) is 38.9 Å². The molecular formula is C8H21LiO6S2Si. The van der Waals surface area contributed by atoms with Gasteiger partial charge in [-0.1, -0.05) is 20.8 Å². The molecule has 0 aliphatic rings. The van der Waals surface area contributed by atoms with E-state index in [0.29, 0.717) is 18.1 Å². The Labute approximate surface area is 124 Å². The Morgan fingerprint density at radius 2 is 1.39 bits per heavy atom. The molecule has 0 atom stereocenters. The van der Waals surface area contributed by atoms with E-state index in [-0.39, 0.29) is 20.3 Å². The molecule has 0 aromatic rings. The van der Waals surface area contributed by atoms with E-state index in [1.807, 2.05) is 20.8 Å². The van der Waals surface area contributed by atoms with Crippen molar-refractivity contribution in [2.24, 2.45) is 0 Å². The maximum absolute atomic E-state index is 11.6. The molecule has 0 rings (SSSR count). The summed E-state index contributed by atoms with van der Waals surface area (Å²) in [7, 11) is -10.5. The van der Waals surface area contributed by atoms with Gasteiger partial charge in [-0.2, -0.15) is 8.42 Å². The fourth-order valence-electron chi connectivity index (χ4n) is 1.45. The van der Waals surface area contributed by atoms with Crippen LogP contribution in [0.2, 0.25) is 18.1 Å². The van der Waals surface area contributed by atoms with Gasteiger partial charge in [-0.05, 0) is 18.1 Å². The third kappa shape index (κ3) is 7.94. The molecule has 0 radical (unpaired) electrons. The van der Waals surface area contributed by atoms with Crippen LogP contribution < -0.4 is 18.9 Å². The molecule has 0 aromatic heterocycles. The quantitative estimate of drug-likeness (QED) is 0.426. The fourth-order valence-corrected chi connectivity index (χ4v) is 8.51. The molecule has 0 aliphatic carbocycles. The van der Waals surface area contributed by atoms with Crippen LogP contribution in [0.4, 0.5) is 0 Å². The maximum Gasteiger partial charge on any atom is 1.00 e.